The van der Waals surface area contributed by atoms with Gasteiger partial charge in [0.05, 0.1) is 34.5 Å². The van der Waals surface area contributed by atoms with E-state index in [-0.39, 0.29) is 50.8 Å². The highest BCUT2D eigenvalue weighted by molar-refractivity contribution is 6.35. The van der Waals surface area contributed by atoms with Crippen LogP contribution in [0.2, 0.25) is 5.02 Å². The summed E-state index contributed by atoms with van der Waals surface area (Å²) in [6, 6.07) is 3.58. The quantitative estimate of drug-likeness (QED) is 0.343. The highest BCUT2D eigenvalue weighted by atomic mass is 35.5. The van der Waals surface area contributed by atoms with Crippen molar-refractivity contribution in [2.24, 2.45) is 5.92 Å². The first kappa shape index (κ1) is 20.7. The fraction of sp³-hybridized carbons (Fsp3) is 0.200. The number of hydrogen-bond donors (Lipinski definition) is 4. The molecule has 0 amide bonds. The average molecular weight is 467 g/mol. The van der Waals surface area contributed by atoms with Crippen molar-refractivity contribution in [3.8, 4) is 11.9 Å². The van der Waals surface area contributed by atoms with Crippen molar-refractivity contribution in [1.29, 1.82) is 5.26 Å². The molecule has 0 aliphatic heterocycles. The van der Waals surface area contributed by atoms with Gasteiger partial charge in [-0.3, -0.25) is 4.79 Å². The Kier molecular flexibility index (Phi) is 4.83. The van der Waals surface area contributed by atoms with Gasteiger partial charge in [-0.25, -0.2) is 18.9 Å². The number of aromatic amines is 1. The van der Waals surface area contributed by atoms with Crippen LogP contribution in [0, 0.1) is 23.1 Å². The monoisotopic (exact) mass is 466 g/mol. The molecule has 33 heavy (non-hydrogen) atoms. The smallest absolute Gasteiger partial charge is 0.267 e. The number of nitrogens with zero attached hydrogens (tertiary/aromatic N) is 6. The largest absolute Gasteiger partial charge is 0.382 e. The van der Waals surface area contributed by atoms with E-state index >= 15 is 0 Å². The Balaban J connectivity index is 1.77. The van der Waals surface area contributed by atoms with Crippen molar-refractivity contribution in [2.75, 3.05) is 16.8 Å². The highest BCUT2D eigenvalue weighted by Gasteiger charge is 2.37. The maximum atomic E-state index is 14.0. The fourth-order valence-corrected chi connectivity index (χ4v) is 3.97. The Labute approximate surface area is 190 Å². The Morgan fingerprint density at radius 2 is 2.09 bits per heavy atom. The summed E-state index contributed by atoms with van der Waals surface area (Å²) < 4.78 is 15.3. The van der Waals surface area contributed by atoms with E-state index in [1.165, 1.54) is 17.1 Å². The standard InChI is InChI=1S/C20H16ClFN10O/c21-12-4-9(22)3-10-15(12)29-18(32(19(10)33)13-6-26-7-27-13)14(8-1-2-8)28-17-11(5-23)16(24)30-20(25)31-17/h3-4,6-8,14H,1-2H2,(H,26,27)(H5,24,25,28,30,31)/t14-/m0/s1. The molecular weight excluding hydrogens is 451 g/mol. The fourth-order valence-electron chi connectivity index (χ4n) is 3.72. The maximum absolute atomic E-state index is 14.0. The van der Waals surface area contributed by atoms with Gasteiger partial charge >= 0.3 is 0 Å². The maximum Gasteiger partial charge on any atom is 0.267 e. The van der Waals surface area contributed by atoms with Gasteiger partial charge in [0, 0.05) is 0 Å². The Hall–Kier alpha value is -4.24. The number of imidazole rings is 1. The molecule has 0 spiro atoms. The lowest BCUT2D eigenvalue weighted by Gasteiger charge is -2.23. The summed E-state index contributed by atoms with van der Waals surface area (Å²) in [6.07, 6.45) is 4.53. The SMILES string of the molecule is N#Cc1c(N)nc(N)nc1N[C@H](c1nc2c(Cl)cc(F)cc2c(=O)n1-c1cnc[nH]1)C1CC1. The molecule has 0 bridgehead atoms. The summed E-state index contributed by atoms with van der Waals surface area (Å²) in [5.41, 5.74) is 11.2. The summed E-state index contributed by atoms with van der Waals surface area (Å²) in [5.74, 6) is -0.0380. The molecule has 1 atom stereocenters. The van der Waals surface area contributed by atoms with Crippen LogP contribution >= 0.6 is 11.6 Å². The number of nitrogen functional groups attached to an aromatic ring is 2. The number of hydrogen-bond acceptors (Lipinski definition) is 9. The summed E-state index contributed by atoms with van der Waals surface area (Å²) in [7, 11) is 0. The molecule has 1 aromatic carbocycles. The van der Waals surface area contributed by atoms with Gasteiger partial charge in [-0.2, -0.15) is 15.2 Å². The van der Waals surface area contributed by atoms with E-state index in [1.54, 1.807) is 0 Å². The summed E-state index contributed by atoms with van der Waals surface area (Å²) in [4.78, 5) is 33.0. The Morgan fingerprint density at radius 3 is 2.76 bits per heavy atom. The van der Waals surface area contributed by atoms with Crippen LogP contribution in [0.25, 0.3) is 16.7 Å². The molecule has 4 aromatic rings. The molecule has 1 aliphatic carbocycles. The predicted octanol–water partition coefficient (Wildman–Crippen LogP) is 2.29. The van der Waals surface area contributed by atoms with E-state index in [9.17, 15) is 14.4 Å². The van der Waals surface area contributed by atoms with Gasteiger partial charge in [-0.15, -0.1) is 0 Å². The lowest BCUT2D eigenvalue weighted by Crippen LogP contribution is -2.30. The Morgan fingerprint density at radius 1 is 1.30 bits per heavy atom. The van der Waals surface area contributed by atoms with Crippen LogP contribution in [0.3, 0.4) is 0 Å². The zero-order valence-electron chi connectivity index (χ0n) is 16.9. The van der Waals surface area contributed by atoms with Crippen LogP contribution < -0.4 is 22.3 Å². The van der Waals surface area contributed by atoms with Crippen molar-refractivity contribution < 1.29 is 4.39 Å². The van der Waals surface area contributed by atoms with Crippen molar-refractivity contribution in [2.45, 2.75) is 18.9 Å². The predicted molar refractivity (Wildman–Crippen MR) is 119 cm³/mol. The molecule has 3 heterocycles. The van der Waals surface area contributed by atoms with Crippen molar-refractivity contribution >= 4 is 40.1 Å². The van der Waals surface area contributed by atoms with Gasteiger partial charge in [-0.1, -0.05) is 11.6 Å². The number of nitriles is 1. The van der Waals surface area contributed by atoms with Gasteiger partial charge in [0.15, 0.2) is 5.82 Å². The normalized spacial score (nSPS) is 14.2. The molecular formula is C20H16ClFN10O. The molecule has 0 saturated heterocycles. The van der Waals surface area contributed by atoms with Gasteiger partial charge in [0.1, 0.15) is 34.9 Å². The van der Waals surface area contributed by atoms with E-state index < -0.39 is 17.4 Å². The van der Waals surface area contributed by atoms with Gasteiger partial charge in [0.2, 0.25) is 5.95 Å². The van der Waals surface area contributed by atoms with Gasteiger partial charge in [-0.05, 0) is 30.9 Å². The van der Waals surface area contributed by atoms with E-state index in [2.05, 4.69) is 30.2 Å². The second kappa shape index (κ2) is 7.72. The summed E-state index contributed by atoms with van der Waals surface area (Å²) >= 11 is 6.24. The second-order valence-electron chi connectivity index (χ2n) is 7.59. The number of fused-ring (bicyclic) bond motifs is 1. The van der Waals surface area contributed by atoms with Crippen LogP contribution in [0.4, 0.5) is 22.0 Å². The number of benzene rings is 1. The molecule has 0 unspecified atom stereocenters. The number of rotatable bonds is 5. The summed E-state index contributed by atoms with van der Waals surface area (Å²) in [6.45, 7) is 0. The molecule has 166 valence electrons. The number of H-pyrrole nitrogens is 1. The zero-order valence-corrected chi connectivity index (χ0v) is 17.6. The van der Waals surface area contributed by atoms with Crippen molar-refractivity contribution in [3.63, 3.8) is 0 Å². The minimum absolute atomic E-state index is 0.00268. The van der Waals surface area contributed by atoms with Crippen molar-refractivity contribution in [3.05, 3.63) is 57.2 Å². The number of aromatic nitrogens is 6. The van der Waals surface area contributed by atoms with Crippen LogP contribution in [0.15, 0.2) is 29.5 Å². The lowest BCUT2D eigenvalue weighted by atomic mass is 10.1. The first-order valence-electron chi connectivity index (χ1n) is 9.87. The molecule has 5 rings (SSSR count). The van der Waals surface area contributed by atoms with Crippen molar-refractivity contribution in [1.82, 2.24) is 29.5 Å². The minimum Gasteiger partial charge on any atom is -0.382 e. The zero-order chi connectivity index (χ0) is 23.3. The van der Waals surface area contributed by atoms with E-state index in [4.69, 9.17) is 23.1 Å². The molecule has 6 N–H and O–H groups in total. The first-order valence-corrected chi connectivity index (χ1v) is 10.2. The Bertz CT molecular complexity index is 1490. The minimum atomic E-state index is -0.655. The van der Waals surface area contributed by atoms with E-state index in [0.29, 0.717) is 5.82 Å². The number of halogens is 2. The molecule has 0 radical (unpaired) electrons. The molecule has 1 saturated carbocycles. The number of anilines is 3. The highest BCUT2D eigenvalue weighted by Crippen LogP contribution is 2.43. The first-order chi connectivity index (χ1) is 15.9. The van der Waals surface area contributed by atoms with E-state index in [1.807, 2.05) is 6.07 Å². The summed E-state index contributed by atoms with van der Waals surface area (Å²) in [5, 5.41) is 12.7. The van der Waals surface area contributed by atoms with Crippen LogP contribution in [0.1, 0.15) is 30.3 Å². The third kappa shape index (κ3) is 3.58. The lowest BCUT2D eigenvalue weighted by molar-refractivity contribution is 0.604. The number of nitrogens with two attached hydrogens (primary N) is 2. The van der Waals surface area contributed by atoms with Gasteiger partial charge < -0.3 is 21.8 Å². The molecule has 1 aliphatic rings. The van der Waals surface area contributed by atoms with Gasteiger partial charge in [0.25, 0.3) is 5.56 Å². The average Bonchev–Trinajstić information content (AvgIpc) is 3.46. The number of nitrogens with one attached hydrogen (secondary N) is 2. The van der Waals surface area contributed by atoms with Crippen LogP contribution in [-0.2, 0) is 0 Å². The molecule has 13 heteroatoms. The topological polar surface area (TPSA) is 177 Å². The third-order valence-corrected chi connectivity index (χ3v) is 5.66. The van der Waals surface area contributed by atoms with E-state index in [0.717, 1.165) is 25.0 Å². The molecule has 11 nitrogen and oxygen atoms in total. The third-order valence-electron chi connectivity index (χ3n) is 5.37. The van der Waals surface area contributed by atoms with Crippen LogP contribution in [-0.4, -0.2) is 29.5 Å². The second-order valence-corrected chi connectivity index (χ2v) is 8.00. The molecule has 1 fully saturated rings. The van der Waals surface area contributed by atoms with Crippen LogP contribution in [0.5, 0.6) is 0 Å². The molecule has 3 aromatic heterocycles.